The zero-order valence-corrected chi connectivity index (χ0v) is 10.5. The minimum Gasteiger partial charge on any atom is -0.353 e. The summed E-state index contributed by atoms with van der Waals surface area (Å²) in [7, 11) is -4.72. The maximum absolute atomic E-state index is 10.9. The lowest BCUT2D eigenvalue weighted by molar-refractivity contribution is 0.182. The summed E-state index contributed by atoms with van der Waals surface area (Å²) in [5.74, 6) is 1.34. The zero-order valence-electron chi connectivity index (χ0n) is 8.79. The highest BCUT2D eigenvalue weighted by Crippen LogP contribution is 2.36. The summed E-state index contributed by atoms with van der Waals surface area (Å²) < 4.78 is 16.4. The highest BCUT2D eigenvalue weighted by Gasteiger charge is 2.20. The van der Waals surface area contributed by atoms with Gasteiger partial charge in [-0.05, 0) is 30.7 Å². The van der Waals surface area contributed by atoms with Crippen molar-refractivity contribution in [3.63, 3.8) is 0 Å². The fourth-order valence-electron chi connectivity index (χ4n) is 1.70. The van der Waals surface area contributed by atoms with Crippen LogP contribution in [0.25, 0.3) is 0 Å². The van der Waals surface area contributed by atoms with Crippen LogP contribution in [0.4, 0.5) is 4.79 Å². The zero-order chi connectivity index (χ0) is 12.0. The Kier molecular flexibility index (Phi) is 5.61. The minimum absolute atomic E-state index is 0.578. The number of phosphoric ester groups is 1. The Balaban J connectivity index is 2.10. The van der Waals surface area contributed by atoms with Crippen LogP contribution in [0.1, 0.15) is 32.1 Å². The fourth-order valence-corrected chi connectivity index (χ4v) is 2.83. The molecule has 0 saturated heterocycles. The molecule has 0 heterocycles. The second kappa shape index (κ2) is 6.49. The molecule has 3 N–H and O–H groups in total. The van der Waals surface area contributed by atoms with E-state index in [1.165, 1.54) is 19.3 Å². The predicted molar refractivity (Wildman–Crippen MR) is 60.7 cm³/mol. The summed E-state index contributed by atoms with van der Waals surface area (Å²) in [4.78, 5) is 27.6. The third-order valence-corrected chi connectivity index (χ3v) is 3.75. The van der Waals surface area contributed by atoms with Crippen molar-refractivity contribution in [3.05, 3.63) is 0 Å². The first-order valence-corrected chi connectivity index (χ1v) is 7.66. The third kappa shape index (κ3) is 6.37. The number of carbonyl (C=O) groups is 1. The van der Waals surface area contributed by atoms with E-state index in [0.717, 1.165) is 30.5 Å². The molecule has 0 aromatic carbocycles. The Bertz CT molecular complexity index is 276. The van der Waals surface area contributed by atoms with E-state index >= 15 is 0 Å². The molecule has 8 heteroatoms. The van der Waals surface area contributed by atoms with Crippen LogP contribution >= 0.6 is 19.8 Å². The van der Waals surface area contributed by atoms with E-state index in [-0.39, 0.29) is 0 Å². The molecule has 0 radical (unpaired) electrons. The lowest BCUT2D eigenvalue weighted by atomic mass is 9.91. The van der Waals surface area contributed by atoms with Crippen molar-refractivity contribution in [2.75, 3.05) is 5.75 Å². The van der Waals surface area contributed by atoms with Gasteiger partial charge in [-0.3, -0.25) is 14.5 Å². The molecule has 1 saturated carbocycles. The summed E-state index contributed by atoms with van der Waals surface area (Å²) in [5.41, 5.74) is 0. The SMILES string of the molecule is O=C(NSCC1CCCCC1)OP(=O)(O)O. The van der Waals surface area contributed by atoms with Crippen molar-refractivity contribution in [1.29, 1.82) is 0 Å². The van der Waals surface area contributed by atoms with Gasteiger partial charge in [-0.25, -0.2) is 9.36 Å². The Morgan fingerprint density at radius 1 is 1.38 bits per heavy atom. The summed E-state index contributed by atoms with van der Waals surface area (Å²) >= 11 is 1.14. The van der Waals surface area contributed by atoms with Crippen molar-refractivity contribution in [1.82, 2.24) is 4.72 Å². The van der Waals surface area contributed by atoms with Gasteiger partial charge in [-0.15, -0.1) is 0 Å². The molecule has 0 unspecified atom stereocenters. The second-order valence-corrected chi connectivity index (χ2v) is 5.78. The maximum Gasteiger partial charge on any atom is 0.528 e. The van der Waals surface area contributed by atoms with Crippen molar-refractivity contribution < 1.29 is 23.7 Å². The van der Waals surface area contributed by atoms with E-state index in [4.69, 9.17) is 9.79 Å². The van der Waals surface area contributed by atoms with Gasteiger partial charge in [0.05, 0.1) is 0 Å². The van der Waals surface area contributed by atoms with E-state index in [1.807, 2.05) is 0 Å². The van der Waals surface area contributed by atoms with Crippen LogP contribution in [0.15, 0.2) is 0 Å². The lowest BCUT2D eigenvalue weighted by Crippen LogP contribution is -2.19. The first-order valence-electron chi connectivity index (χ1n) is 5.14. The van der Waals surface area contributed by atoms with E-state index < -0.39 is 13.9 Å². The van der Waals surface area contributed by atoms with E-state index in [1.54, 1.807) is 0 Å². The Hall–Kier alpha value is -0.230. The van der Waals surface area contributed by atoms with E-state index in [9.17, 15) is 9.36 Å². The monoisotopic (exact) mass is 269 g/mol. The maximum atomic E-state index is 10.9. The standard InChI is InChI=1S/C8H16NO5PS/c10-8(14-15(11,12)13)9-16-6-7-4-2-1-3-5-7/h7H,1-6H2,(H,9,10)(H2,11,12,13). The van der Waals surface area contributed by atoms with Crippen LogP contribution < -0.4 is 4.72 Å². The van der Waals surface area contributed by atoms with Crippen LogP contribution in [-0.4, -0.2) is 21.6 Å². The molecule has 0 aliphatic heterocycles. The predicted octanol–water partition coefficient (Wildman–Crippen LogP) is 2.03. The molecule has 0 atom stereocenters. The van der Waals surface area contributed by atoms with Crippen molar-refractivity contribution in [2.45, 2.75) is 32.1 Å². The summed E-state index contributed by atoms with van der Waals surface area (Å²) in [6.07, 6.45) is 4.93. The van der Waals surface area contributed by atoms with Crippen LogP contribution in [-0.2, 0) is 9.09 Å². The van der Waals surface area contributed by atoms with Gasteiger partial charge < -0.3 is 4.52 Å². The molecule has 94 valence electrons. The molecule has 1 rings (SSSR count). The first kappa shape index (κ1) is 13.8. The average Bonchev–Trinajstić information content (AvgIpc) is 2.16. The average molecular weight is 269 g/mol. The van der Waals surface area contributed by atoms with Crippen molar-refractivity contribution >= 4 is 25.9 Å². The quantitative estimate of drug-likeness (QED) is 0.534. The number of phosphoric acid groups is 1. The number of hydrogen-bond donors (Lipinski definition) is 3. The van der Waals surface area contributed by atoms with Gasteiger partial charge in [0.25, 0.3) is 0 Å². The molecule has 16 heavy (non-hydrogen) atoms. The second-order valence-electron chi connectivity index (χ2n) is 3.79. The molecule has 0 aromatic heterocycles. The first-order chi connectivity index (χ1) is 7.47. The normalized spacial score (nSPS) is 18.1. The van der Waals surface area contributed by atoms with Gasteiger partial charge >= 0.3 is 13.9 Å². The van der Waals surface area contributed by atoms with Gasteiger partial charge in [-0.1, -0.05) is 19.3 Å². The van der Waals surface area contributed by atoms with Crippen molar-refractivity contribution in [2.24, 2.45) is 5.92 Å². The number of rotatable bonds is 4. The fraction of sp³-hybridized carbons (Fsp3) is 0.875. The number of nitrogens with one attached hydrogen (secondary N) is 1. The van der Waals surface area contributed by atoms with Gasteiger partial charge in [0.2, 0.25) is 0 Å². The number of hydrogen-bond acceptors (Lipinski definition) is 4. The van der Waals surface area contributed by atoms with Gasteiger partial charge in [0, 0.05) is 5.75 Å². The van der Waals surface area contributed by atoms with Crippen LogP contribution in [0.2, 0.25) is 0 Å². The van der Waals surface area contributed by atoms with E-state index in [0.29, 0.717) is 5.92 Å². The summed E-state index contributed by atoms with van der Waals surface area (Å²) in [5, 5.41) is 0. The Morgan fingerprint density at radius 2 is 2.00 bits per heavy atom. The molecule has 0 spiro atoms. The molecule has 0 bridgehead atoms. The van der Waals surface area contributed by atoms with E-state index in [2.05, 4.69) is 9.25 Å². The number of amides is 1. The molecule has 1 fully saturated rings. The Morgan fingerprint density at radius 3 is 2.56 bits per heavy atom. The summed E-state index contributed by atoms with van der Waals surface area (Å²) in [6.45, 7) is 0. The molecule has 1 amide bonds. The van der Waals surface area contributed by atoms with Gasteiger partial charge in [0.15, 0.2) is 0 Å². The van der Waals surface area contributed by atoms with Crippen molar-refractivity contribution in [3.8, 4) is 0 Å². The topological polar surface area (TPSA) is 95.9 Å². The number of carbonyl (C=O) groups excluding carboxylic acids is 1. The van der Waals surface area contributed by atoms with Crippen LogP contribution in [0.5, 0.6) is 0 Å². The van der Waals surface area contributed by atoms with Gasteiger partial charge in [0.1, 0.15) is 0 Å². The summed E-state index contributed by atoms with van der Waals surface area (Å²) in [6, 6.07) is 0. The highest BCUT2D eigenvalue weighted by atomic mass is 32.2. The van der Waals surface area contributed by atoms with Crippen LogP contribution in [0.3, 0.4) is 0 Å². The molecule has 1 aliphatic rings. The molecule has 1 aliphatic carbocycles. The Labute approximate surface area is 98.5 Å². The molecule has 6 nitrogen and oxygen atoms in total. The highest BCUT2D eigenvalue weighted by molar-refractivity contribution is 7.97. The van der Waals surface area contributed by atoms with Gasteiger partial charge in [-0.2, -0.15) is 0 Å². The molecular formula is C8H16NO5PS. The lowest BCUT2D eigenvalue weighted by Gasteiger charge is -2.20. The smallest absolute Gasteiger partial charge is 0.353 e. The third-order valence-electron chi connectivity index (χ3n) is 2.40. The molecule has 0 aromatic rings. The molecular weight excluding hydrogens is 253 g/mol. The minimum atomic E-state index is -4.72. The van der Waals surface area contributed by atoms with Crippen LogP contribution in [0, 0.1) is 5.92 Å². The largest absolute Gasteiger partial charge is 0.528 e.